The average Bonchev–Trinajstić information content (AvgIpc) is 2.54. The standard InChI is InChI=1S/C15H33Cl2N2O3P/c1-2-3-4-5-6-7-15-22-23(21,18-11-8-14-20)19(12-9-16)13-10-17/h20H,2-15H2,1H3,(H,18,21). The number of aliphatic hydroxyl groups is 1. The maximum absolute atomic E-state index is 13.1. The van der Waals surface area contributed by atoms with Crippen LogP contribution in [0, 0.1) is 0 Å². The van der Waals surface area contributed by atoms with Gasteiger partial charge in [0.2, 0.25) is 0 Å². The minimum atomic E-state index is -3.15. The number of nitrogens with one attached hydrogen (secondary N) is 1. The summed E-state index contributed by atoms with van der Waals surface area (Å²) in [7, 11) is -3.15. The summed E-state index contributed by atoms with van der Waals surface area (Å²) in [4.78, 5) is 0. The predicted octanol–water partition coefficient (Wildman–Crippen LogP) is 4.22. The van der Waals surface area contributed by atoms with Crippen molar-refractivity contribution in [2.75, 3.05) is 44.6 Å². The van der Waals surface area contributed by atoms with Crippen LogP contribution in [-0.4, -0.2) is 54.4 Å². The van der Waals surface area contributed by atoms with Crippen LogP contribution >= 0.6 is 30.9 Å². The number of nitrogens with zero attached hydrogens (tertiary/aromatic N) is 1. The molecule has 1 unspecified atom stereocenters. The second kappa shape index (κ2) is 16.1. The van der Waals surface area contributed by atoms with Gasteiger partial charge in [0, 0.05) is 38.0 Å². The maximum atomic E-state index is 13.1. The van der Waals surface area contributed by atoms with Crippen LogP contribution < -0.4 is 5.09 Å². The third kappa shape index (κ3) is 11.8. The van der Waals surface area contributed by atoms with Gasteiger partial charge in [0.25, 0.3) is 0 Å². The lowest BCUT2D eigenvalue weighted by molar-refractivity contribution is 0.246. The van der Waals surface area contributed by atoms with Crippen LogP contribution in [0.15, 0.2) is 0 Å². The first-order chi connectivity index (χ1) is 11.1. The van der Waals surface area contributed by atoms with E-state index in [1.54, 1.807) is 4.67 Å². The van der Waals surface area contributed by atoms with Gasteiger partial charge in [-0.15, -0.1) is 23.2 Å². The number of halogens is 2. The molecule has 0 aliphatic rings. The molecule has 2 N–H and O–H groups in total. The maximum Gasteiger partial charge on any atom is 0.343 e. The molecule has 0 rings (SSSR count). The first-order valence-corrected chi connectivity index (χ1v) is 11.3. The normalized spacial score (nSPS) is 14.3. The first kappa shape index (κ1) is 23.6. The molecule has 0 heterocycles. The number of unbranched alkanes of at least 4 members (excludes halogenated alkanes) is 5. The van der Waals surface area contributed by atoms with Crippen molar-refractivity contribution in [1.29, 1.82) is 0 Å². The van der Waals surface area contributed by atoms with Gasteiger partial charge in [-0.1, -0.05) is 39.0 Å². The van der Waals surface area contributed by atoms with Crippen LogP contribution in [0.25, 0.3) is 0 Å². The van der Waals surface area contributed by atoms with Crippen molar-refractivity contribution in [1.82, 2.24) is 9.76 Å². The van der Waals surface area contributed by atoms with E-state index in [2.05, 4.69) is 12.0 Å². The molecule has 0 fully saturated rings. The molecule has 5 nitrogen and oxygen atoms in total. The van der Waals surface area contributed by atoms with Crippen molar-refractivity contribution in [2.24, 2.45) is 0 Å². The Bertz CT molecular complexity index is 306. The molecule has 0 saturated heterocycles. The van der Waals surface area contributed by atoms with Crippen molar-refractivity contribution >= 4 is 30.9 Å². The second-order valence-corrected chi connectivity index (χ2v) is 8.38. The Kier molecular flexibility index (Phi) is 16.6. The summed E-state index contributed by atoms with van der Waals surface area (Å²) in [6.07, 6.45) is 7.43. The smallest absolute Gasteiger partial charge is 0.343 e. The largest absolute Gasteiger partial charge is 0.396 e. The second-order valence-electron chi connectivity index (χ2n) is 5.44. The molecule has 0 aromatic carbocycles. The highest BCUT2D eigenvalue weighted by molar-refractivity contribution is 7.54. The summed E-state index contributed by atoms with van der Waals surface area (Å²) in [6.45, 7) is 4.04. The molecular formula is C15H33Cl2N2O3P. The van der Waals surface area contributed by atoms with Crippen LogP contribution in [-0.2, 0) is 9.09 Å². The van der Waals surface area contributed by atoms with Crippen LogP contribution in [0.4, 0.5) is 0 Å². The molecule has 0 amide bonds. The van der Waals surface area contributed by atoms with Crippen LogP contribution in [0.3, 0.4) is 0 Å². The molecule has 1 atom stereocenters. The summed E-state index contributed by atoms with van der Waals surface area (Å²) < 4.78 is 20.5. The molecule has 140 valence electrons. The van der Waals surface area contributed by atoms with Gasteiger partial charge in [-0.3, -0.25) is 4.57 Å². The Balaban J connectivity index is 4.37. The zero-order chi connectivity index (χ0) is 17.4. The Morgan fingerprint density at radius 1 is 1.04 bits per heavy atom. The summed E-state index contributed by atoms with van der Waals surface area (Å²) in [5.41, 5.74) is 0. The van der Waals surface area contributed by atoms with E-state index in [0.29, 0.717) is 44.4 Å². The molecule has 0 aliphatic heterocycles. The molecule has 0 aromatic heterocycles. The van der Waals surface area contributed by atoms with Crippen molar-refractivity contribution in [2.45, 2.75) is 51.9 Å². The first-order valence-electron chi connectivity index (χ1n) is 8.62. The van der Waals surface area contributed by atoms with Gasteiger partial charge in [0.15, 0.2) is 0 Å². The third-order valence-corrected chi connectivity index (χ3v) is 6.11. The molecule has 0 bridgehead atoms. The van der Waals surface area contributed by atoms with Gasteiger partial charge < -0.3 is 9.63 Å². The molecule has 23 heavy (non-hydrogen) atoms. The minimum absolute atomic E-state index is 0.0510. The van der Waals surface area contributed by atoms with E-state index < -0.39 is 7.67 Å². The van der Waals surface area contributed by atoms with E-state index in [9.17, 15) is 4.57 Å². The topological polar surface area (TPSA) is 61.8 Å². The van der Waals surface area contributed by atoms with E-state index in [1.165, 1.54) is 25.7 Å². The summed E-state index contributed by atoms with van der Waals surface area (Å²) in [6, 6.07) is 0. The van der Waals surface area contributed by atoms with Gasteiger partial charge >= 0.3 is 7.67 Å². The van der Waals surface area contributed by atoms with Crippen molar-refractivity contribution in [3.05, 3.63) is 0 Å². The predicted molar refractivity (Wildman–Crippen MR) is 99.7 cm³/mol. The van der Waals surface area contributed by atoms with Gasteiger partial charge in [-0.05, 0) is 12.8 Å². The van der Waals surface area contributed by atoms with E-state index >= 15 is 0 Å². The summed E-state index contributed by atoms with van der Waals surface area (Å²) >= 11 is 11.6. The van der Waals surface area contributed by atoms with Gasteiger partial charge in [-0.2, -0.15) is 0 Å². The van der Waals surface area contributed by atoms with Crippen molar-refractivity contribution in [3.8, 4) is 0 Å². The fourth-order valence-corrected chi connectivity index (χ4v) is 4.81. The Labute approximate surface area is 151 Å². The van der Waals surface area contributed by atoms with Crippen molar-refractivity contribution < 1.29 is 14.2 Å². The lowest BCUT2D eigenvalue weighted by atomic mass is 10.1. The number of alkyl halides is 2. The molecule has 0 saturated carbocycles. The fraction of sp³-hybridized carbons (Fsp3) is 1.00. The van der Waals surface area contributed by atoms with Crippen LogP contribution in [0.2, 0.25) is 0 Å². The van der Waals surface area contributed by atoms with Gasteiger partial charge in [0.1, 0.15) is 0 Å². The van der Waals surface area contributed by atoms with Crippen LogP contribution in [0.5, 0.6) is 0 Å². The van der Waals surface area contributed by atoms with E-state index in [-0.39, 0.29) is 6.61 Å². The fourth-order valence-electron chi connectivity index (χ4n) is 2.17. The zero-order valence-corrected chi connectivity index (χ0v) is 16.7. The third-order valence-electron chi connectivity index (χ3n) is 3.47. The van der Waals surface area contributed by atoms with Gasteiger partial charge in [0.05, 0.1) is 6.61 Å². The monoisotopic (exact) mass is 390 g/mol. The zero-order valence-electron chi connectivity index (χ0n) is 14.3. The van der Waals surface area contributed by atoms with Gasteiger partial charge in [-0.25, -0.2) is 9.76 Å². The number of hydrogen-bond acceptors (Lipinski definition) is 3. The number of rotatable bonds is 17. The average molecular weight is 391 g/mol. The highest BCUT2D eigenvalue weighted by atomic mass is 35.5. The molecule has 0 radical (unpaired) electrons. The van der Waals surface area contributed by atoms with E-state index in [0.717, 1.165) is 12.8 Å². The number of aliphatic hydroxyl groups excluding tert-OH is 1. The molecule has 8 heteroatoms. The molecule has 0 aromatic rings. The number of hydrogen-bond donors (Lipinski definition) is 2. The van der Waals surface area contributed by atoms with E-state index in [1.807, 2.05) is 0 Å². The molecule has 0 spiro atoms. The molecule has 0 aliphatic carbocycles. The Morgan fingerprint density at radius 2 is 1.65 bits per heavy atom. The minimum Gasteiger partial charge on any atom is -0.396 e. The molecular weight excluding hydrogens is 358 g/mol. The lowest BCUT2D eigenvalue weighted by Crippen LogP contribution is -2.33. The van der Waals surface area contributed by atoms with E-state index in [4.69, 9.17) is 32.8 Å². The van der Waals surface area contributed by atoms with Crippen molar-refractivity contribution in [3.63, 3.8) is 0 Å². The lowest BCUT2D eigenvalue weighted by Gasteiger charge is -2.30. The summed E-state index contributed by atoms with van der Waals surface area (Å²) in [5.74, 6) is 0.728. The highest BCUT2D eigenvalue weighted by Crippen LogP contribution is 2.46. The SMILES string of the molecule is CCCCCCCCOP(=O)(NCCCO)N(CCCl)CCCl. The van der Waals surface area contributed by atoms with Crippen LogP contribution in [0.1, 0.15) is 51.9 Å². The highest BCUT2D eigenvalue weighted by Gasteiger charge is 2.30. The summed E-state index contributed by atoms with van der Waals surface area (Å²) in [5, 5.41) is 11.9. The quantitative estimate of drug-likeness (QED) is 0.221. The Morgan fingerprint density at radius 3 is 2.22 bits per heavy atom. The Hall–Kier alpha value is 0.650.